The van der Waals surface area contributed by atoms with Crippen molar-refractivity contribution in [2.24, 2.45) is 0 Å². The zero-order valence-electron chi connectivity index (χ0n) is 11.5. The van der Waals surface area contributed by atoms with E-state index in [4.69, 9.17) is 4.74 Å². The molecular weight excluding hydrogens is 224 g/mol. The highest BCUT2D eigenvalue weighted by Gasteiger charge is 2.08. The van der Waals surface area contributed by atoms with Gasteiger partial charge in [0.1, 0.15) is 0 Å². The minimum absolute atomic E-state index is 0.135. The molecule has 98 valence electrons. The second-order valence-corrected chi connectivity index (χ2v) is 4.46. The minimum Gasteiger partial charge on any atom is -0.487 e. The maximum atomic E-state index is 11.1. The van der Waals surface area contributed by atoms with Crippen molar-refractivity contribution in [1.82, 2.24) is 0 Å². The predicted molar refractivity (Wildman–Crippen MR) is 75.3 cm³/mol. The Bertz CT molecular complexity index is 407. The van der Waals surface area contributed by atoms with Gasteiger partial charge in [0.15, 0.2) is 12.0 Å². The first-order valence-corrected chi connectivity index (χ1v) is 6.60. The lowest BCUT2D eigenvalue weighted by molar-refractivity contribution is -0.108. The van der Waals surface area contributed by atoms with E-state index in [1.54, 1.807) is 0 Å². The molecule has 0 aliphatic rings. The van der Waals surface area contributed by atoms with Crippen molar-refractivity contribution in [2.45, 2.75) is 46.1 Å². The molecule has 0 amide bonds. The summed E-state index contributed by atoms with van der Waals surface area (Å²) in [6, 6.07) is 7.96. The summed E-state index contributed by atoms with van der Waals surface area (Å²) >= 11 is 0. The van der Waals surface area contributed by atoms with Gasteiger partial charge in [-0.1, -0.05) is 44.5 Å². The number of benzene rings is 1. The van der Waals surface area contributed by atoms with Gasteiger partial charge in [0, 0.05) is 0 Å². The number of ether oxygens (including phenoxy) is 1. The monoisotopic (exact) mass is 246 g/mol. The standard InChI is InChI=1S/C16H22O2/c1-4-8-15(5-2)18-16(12-17)11-14-10-7-6-9-13(14)3/h6-7,9-12,15H,4-5,8H2,1-3H3. The molecule has 0 radical (unpaired) electrons. The Morgan fingerprint density at radius 3 is 2.61 bits per heavy atom. The average Bonchev–Trinajstić information content (AvgIpc) is 2.39. The van der Waals surface area contributed by atoms with Crippen LogP contribution >= 0.6 is 0 Å². The second-order valence-electron chi connectivity index (χ2n) is 4.46. The highest BCUT2D eigenvalue weighted by molar-refractivity contribution is 5.79. The van der Waals surface area contributed by atoms with Crippen LogP contribution in [0, 0.1) is 6.92 Å². The highest BCUT2D eigenvalue weighted by atomic mass is 16.5. The van der Waals surface area contributed by atoms with Gasteiger partial charge in [-0.3, -0.25) is 4.79 Å². The smallest absolute Gasteiger partial charge is 0.184 e. The van der Waals surface area contributed by atoms with Gasteiger partial charge in [0.05, 0.1) is 6.10 Å². The molecule has 0 bridgehead atoms. The van der Waals surface area contributed by atoms with Crippen LogP contribution in [0.3, 0.4) is 0 Å². The van der Waals surface area contributed by atoms with Crippen molar-refractivity contribution in [3.63, 3.8) is 0 Å². The summed E-state index contributed by atoms with van der Waals surface area (Å²) < 4.78 is 5.74. The quantitative estimate of drug-likeness (QED) is 0.411. The number of rotatable bonds is 7. The molecule has 18 heavy (non-hydrogen) atoms. The topological polar surface area (TPSA) is 26.3 Å². The molecule has 1 aromatic rings. The van der Waals surface area contributed by atoms with Crippen molar-refractivity contribution in [2.75, 3.05) is 0 Å². The lowest BCUT2D eigenvalue weighted by atomic mass is 10.1. The van der Waals surface area contributed by atoms with Gasteiger partial charge < -0.3 is 4.74 Å². The first kappa shape index (κ1) is 14.5. The number of carbonyl (C=O) groups excluding carboxylic acids is 1. The van der Waals surface area contributed by atoms with Gasteiger partial charge in [0.25, 0.3) is 0 Å². The van der Waals surface area contributed by atoms with Crippen LogP contribution in [0.1, 0.15) is 44.2 Å². The van der Waals surface area contributed by atoms with E-state index in [1.165, 1.54) is 0 Å². The molecule has 0 N–H and O–H groups in total. The Morgan fingerprint density at radius 1 is 1.33 bits per heavy atom. The SMILES string of the molecule is CCCC(CC)OC(C=O)=Cc1ccccc1C. The van der Waals surface area contributed by atoms with Gasteiger partial charge in [0.2, 0.25) is 0 Å². The van der Waals surface area contributed by atoms with Crippen molar-refractivity contribution in [3.8, 4) is 0 Å². The summed E-state index contributed by atoms with van der Waals surface area (Å²) in [4.78, 5) is 11.1. The summed E-state index contributed by atoms with van der Waals surface area (Å²) in [5, 5.41) is 0. The van der Waals surface area contributed by atoms with Crippen molar-refractivity contribution in [1.29, 1.82) is 0 Å². The highest BCUT2D eigenvalue weighted by Crippen LogP contribution is 2.15. The Kier molecular flexibility index (Phi) is 6.20. The number of hydrogen-bond donors (Lipinski definition) is 0. The third-order valence-electron chi connectivity index (χ3n) is 2.97. The molecule has 1 unspecified atom stereocenters. The van der Waals surface area contributed by atoms with Crippen LogP contribution in [-0.2, 0) is 9.53 Å². The maximum absolute atomic E-state index is 11.1. The minimum atomic E-state index is 0.135. The van der Waals surface area contributed by atoms with Crippen LogP contribution in [0.25, 0.3) is 6.08 Å². The van der Waals surface area contributed by atoms with Gasteiger partial charge >= 0.3 is 0 Å². The number of aldehydes is 1. The maximum Gasteiger partial charge on any atom is 0.184 e. The molecule has 1 rings (SSSR count). The van der Waals surface area contributed by atoms with Gasteiger partial charge in [-0.05, 0) is 37.0 Å². The fourth-order valence-corrected chi connectivity index (χ4v) is 1.86. The van der Waals surface area contributed by atoms with Crippen molar-refractivity contribution >= 4 is 12.4 Å². The van der Waals surface area contributed by atoms with E-state index in [9.17, 15) is 4.79 Å². The molecule has 0 spiro atoms. The molecule has 0 heterocycles. The molecular formula is C16H22O2. The van der Waals surface area contributed by atoms with E-state index < -0.39 is 0 Å². The van der Waals surface area contributed by atoms with Crippen molar-refractivity contribution < 1.29 is 9.53 Å². The summed E-state index contributed by atoms with van der Waals surface area (Å²) in [5.41, 5.74) is 2.18. The number of hydrogen-bond acceptors (Lipinski definition) is 2. The van der Waals surface area contributed by atoms with Gasteiger partial charge in [-0.25, -0.2) is 0 Å². The molecule has 0 aliphatic heterocycles. The fraction of sp³-hybridized carbons (Fsp3) is 0.438. The van der Waals surface area contributed by atoms with Crippen LogP contribution in [0.2, 0.25) is 0 Å². The lowest BCUT2D eigenvalue weighted by Crippen LogP contribution is -2.11. The third-order valence-corrected chi connectivity index (χ3v) is 2.97. The van der Waals surface area contributed by atoms with Crippen LogP contribution in [0.15, 0.2) is 30.0 Å². The first-order chi connectivity index (χ1) is 8.71. The second kappa shape index (κ2) is 7.70. The molecule has 1 atom stereocenters. The molecule has 0 aliphatic carbocycles. The Labute approximate surface area is 110 Å². The Hall–Kier alpha value is -1.57. The van der Waals surface area contributed by atoms with E-state index in [0.717, 1.165) is 36.7 Å². The summed E-state index contributed by atoms with van der Waals surface area (Å²) in [7, 11) is 0. The van der Waals surface area contributed by atoms with Gasteiger partial charge in [-0.15, -0.1) is 0 Å². The summed E-state index contributed by atoms with van der Waals surface area (Å²) in [5.74, 6) is 0.421. The predicted octanol–water partition coefficient (Wildman–Crippen LogP) is 4.13. The molecule has 1 aromatic carbocycles. The molecule has 0 saturated heterocycles. The zero-order valence-corrected chi connectivity index (χ0v) is 11.5. The van der Waals surface area contributed by atoms with Gasteiger partial charge in [-0.2, -0.15) is 0 Å². The average molecular weight is 246 g/mol. The van der Waals surface area contributed by atoms with Crippen LogP contribution < -0.4 is 0 Å². The number of carbonyl (C=O) groups is 1. The first-order valence-electron chi connectivity index (χ1n) is 6.60. The van der Waals surface area contributed by atoms with E-state index in [-0.39, 0.29) is 6.10 Å². The molecule has 0 saturated carbocycles. The Morgan fingerprint density at radius 2 is 2.06 bits per heavy atom. The molecule has 2 nitrogen and oxygen atoms in total. The van der Waals surface area contributed by atoms with Crippen LogP contribution in [0.5, 0.6) is 0 Å². The van der Waals surface area contributed by atoms with E-state index in [0.29, 0.717) is 5.76 Å². The molecule has 0 fully saturated rings. The third kappa shape index (κ3) is 4.36. The van der Waals surface area contributed by atoms with E-state index in [2.05, 4.69) is 13.8 Å². The van der Waals surface area contributed by atoms with E-state index >= 15 is 0 Å². The summed E-state index contributed by atoms with van der Waals surface area (Å²) in [6.45, 7) is 6.23. The zero-order chi connectivity index (χ0) is 13.4. The number of allylic oxidation sites excluding steroid dienone is 1. The van der Waals surface area contributed by atoms with E-state index in [1.807, 2.05) is 37.3 Å². The molecule has 2 heteroatoms. The van der Waals surface area contributed by atoms with Crippen molar-refractivity contribution in [3.05, 3.63) is 41.2 Å². The van der Waals surface area contributed by atoms with Crippen LogP contribution in [0.4, 0.5) is 0 Å². The largest absolute Gasteiger partial charge is 0.487 e. The Balaban J connectivity index is 2.83. The normalized spacial score (nSPS) is 13.2. The lowest BCUT2D eigenvalue weighted by Gasteiger charge is -2.16. The fourth-order valence-electron chi connectivity index (χ4n) is 1.86. The molecule has 0 aromatic heterocycles. The van der Waals surface area contributed by atoms with Crippen LogP contribution in [-0.4, -0.2) is 12.4 Å². The number of aryl methyl sites for hydroxylation is 1. The summed E-state index contributed by atoms with van der Waals surface area (Å²) in [6.07, 6.45) is 5.72.